The van der Waals surface area contributed by atoms with Gasteiger partial charge in [0.2, 0.25) is 0 Å². The van der Waals surface area contributed by atoms with Gasteiger partial charge >= 0.3 is 5.69 Å². The van der Waals surface area contributed by atoms with E-state index in [4.69, 9.17) is 9.47 Å². The van der Waals surface area contributed by atoms with Gasteiger partial charge in [-0.25, -0.2) is 4.79 Å². The van der Waals surface area contributed by atoms with Crippen molar-refractivity contribution < 1.29 is 14.3 Å². The Bertz CT molecular complexity index is 1270. The lowest BCUT2D eigenvalue weighted by atomic mass is 10.1. The maximum Gasteiger partial charge on any atom is 0.329 e. The number of rotatable bonds is 7. The molecule has 0 radical (unpaired) electrons. The van der Waals surface area contributed by atoms with Crippen molar-refractivity contribution in [1.82, 2.24) is 14.5 Å². The highest BCUT2D eigenvalue weighted by Crippen LogP contribution is 2.30. The summed E-state index contributed by atoms with van der Waals surface area (Å²) in [6.07, 6.45) is 4.40. The van der Waals surface area contributed by atoms with E-state index in [9.17, 15) is 14.4 Å². The van der Waals surface area contributed by atoms with Crippen LogP contribution in [0.3, 0.4) is 0 Å². The molecule has 2 aromatic carbocycles. The van der Waals surface area contributed by atoms with E-state index >= 15 is 0 Å². The number of ether oxygens (including phenoxy) is 2. The van der Waals surface area contributed by atoms with E-state index in [1.54, 1.807) is 36.4 Å². The predicted molar refractivity (Wildman–Crippen MR) is 131 cm³/mol. The molecule has 8 heteroatoms. The maximum atomic E-state index is 13.2. The molecule has 0 saturated carbocycles. The number of aromatic amines is 1. The molecule has 180 valence electrons. The molecule has 34 heavy (non-hydrogen) atoms. The number of carbonyl (C=O) groups is 1. The quantitative estimate of drug-likeness (QED) is 0.576. The van der Waals surface area contributed by atoms with Gasteiger partial charge in [0, 0.05) is 24.7 Å². The molecular formula is C26H31N3O5. The van der Waals surface area contributed by atoms with Crippen molar-refractivity contribution >= 4 is 16.8 Å². The average molecular weight is 466 g/mol. The first-order valence-electron chi connectivity index (χ1n) is 12.0. The summed E-state index contributed by atoms with van der Waals surface area (Å²) >= 11 is 0. The first-order chi connectivity index (χ1) is 16.5. The standard InChI is InChI=1S/C26H31N3O5/c1-3-33-22-15-20-21(16-23(22)34-4-2)27-26(32)29(25(20)31)17-18-9-11-19(12-10-18)24(30)28-13-7-5-6-8-14-28/h9-12,15-16H,3-8,13-14,17H2,1-2H3,(H,27,32). The number of benzene rings is 2. The number of likely N-dealkylation sites (tertiary alicyclic amines) is 1. The largest absolute Gasteiger partial charge is 0.490 e. The first-order valence-corrected chi connectivity index (χ1v) is 12.0. The molecule has 1 fully saturated rings. The fourth-order valence-corrected chi connectivity index (χ4v) is 4.33. The van der Waals surface area contributed by atoms with E-state index in [0.29, 0.717) is 41.2 Å². The second-order valence-corrected chi connectivity index (χ2v) is 8.44. The summed E-state index contributed by atoms with van der Waals surface area (Å²) in [5.74, 6) is 0.973. The van der Waals surface area contributed by atoms with Gasteiger partial charge in [0.05, 0.1) is 30.7 Å². The SMILES string of the molecule is CCOc1cc2[nH]c(=O)n(Cc3ccc(C(=O)N4CCCCCC4)cc3)c(=O)c2cc1OCC. The zero-order chi connectivity index (χ0) is 24.1. The number of H-pyrrole nitrogens is 1. The van der Waals surface area contributed by atoms with Crippen LogP contribution < -0.4 is 20.7 Å². The van der Waals surface area contributed by atoms with Crippen molar-refractivity contribution in [1.29, 1.82) is 0 Å². The molecule has 0 aliphatic carbocycles. The van der Waals surface area contributed by atoms with E-state index in [1.165, 1.54) is 0 Å². The Labute approximate surface area is 198 Å². The summed E-state index contributed by atoms with van der Waals surface area (Å²) < 4.78 is 12.4. The number of fused-ring (bicyclic) bond motifs is 1. The molecule has 8 nitrogen and oxygen atoms in total. The molecule has 0 atom stereocenters. The lowest BCUT2D eigenvalue weighted by molar-refractivity contribution is 0.0761. The Balaban J connectivity index is 1.61. The monoisotopic (exact) mass is 465 g/mol. The fourth-order valence-electron chi connectivity index (χ4n) is 4.33. The number of nitrogens with one attached hydrogen (secondary N) is 1. The van der Waals surface area contributed by atoms with Crippen molar-refractivity contribution in [2.24, 2.45) is 0 Å². The Morgan fingerprint density at radius 2 is 1.53 bits per heavy atom. The van der Waals surface area contributed by atoms with Crippen LogP contribution >= 0.6 is 0 Å². The average Bonchev–Trinajstić information content (AvgIpc) is 3.13. The van der Waals surface area contributed by atoms with E-state index < -0.39 is 11.2 Å². The predicted octanol–water partition coefficient (Wildman–Crippen LogP) is 3.55. The van der Waals surface area contributed by atoms with Gasteiger partial charge in [0.15, 0.2) is 11.5 Å². The van der Waals surface area contributed by atoms with Gasteiger partial charge in [0.25, 0.3) is 11.5 Å². The zero-order valence-electron chi connectivity index (χ0n) is 19.8. The number of amides is 1. The molecule has 1 saturated heterocycles. The minimum absolute atomic E-state index is 0.0303. The first kappa shape index (κ1) is 23.6. The minimum Gasteiger partial charge on any atom is -0.490 e. The lowest BCUT2D eigenvalue weighted by Gasteiger charge is -2.20. The fraction of sp³-hybridized carbons (Fsp3) is 0.423. The number of nitrogens with zero attached hydrogens (tertiary/aromatic N) is 2. The topological polar surface area (TPSA) is 93.6 Å². The molecular weight excluding hydrogens is 434 g/mol. The summed E-state index contributed by atoms with van der Waals surface area (Å²) in [5, 5.41) is 0.347. The van der Waals surface area contributed by atoms with Crippen LogP contribution in [0, 0.1) is 0 Å². The molecule has 0 spiro atoms. The van der Waals surface area contributed by atoms with E-state index in [2.05, 4.69) is 4.98 Å². The van der Waals surface area contributed by atoms with Gasteiger partial charge in [-0.1, -0.05) is 25.0 Å². The summed E-state index contributed by atoms with van der Waals surface area (Å²) in [6, 6.07) is 10.4. The molecule has 1 N–H and O–H groups in total. The van der Waals surface area contributed by atoms with Crippen molar-refractivity contribution in [3.63, 3.8) is 0 Å². The van der Waals surface area contributed by atoms with Crippen LogP contribution in [0.25, 0.3) is 10.9 Å². The number of carbonyl (C=O) groups excluding carboxylic acids is 1. The molecule has 1 aromatic heterocycles. The zero-order valence-corrected chi connectivity index (χ0v) is 19.8. The number of hydrogen-bond donors (Lipinski definition) is 1. The van der Waals surface area contributed by atoms with Gasteiger partial charge in [-0.05, 0) is 50.5 Å². The molecule has 1 aliphatic rings. The minimum atomic E-state index is -0.506. The molecule has 4 rings (SSSR count). The highest BCUT2D eigenvalue weighted by atomic mass is 16.5. The van der Waals surface area contributed by atoms with Gasteiger partial charge < -0.3 is 19.4 Å². The van der Waals surface area contributed by atoms with Crippen LogP contribution in [0.4, 0.5) is 0 Å². The van der Waals surface area contributed by atoms with Crippen LogP contribution in [0.2, 0.25) is 0 Å². The van der Waals surface area contributed by atoms with Crippen LogP contribution in [0.5, 0.6) is 11.5 Å². The molecule has 3 aromatic rings. The van der Waals surface area contributed by atoms with Crippen LogP contribution in [0.1, 0.15) is 55.5 Å². The van der Waals surface area contributed by atoms with Crippen molar-refractivity contribution in [2.45, 2.75) is 46.1 Å². The lowest BCUT2D eigenvalue weighted by Crippen LogP contribution is -2.35. The Morgan fingerprint density at radius 1 is 0.912 bits per heavy atom. The Kier molecular flexibility index (Phi) is 7.35. The summed E-state index contributed by atoms with van der Waals surface area (Å²) in [7, 11) is 0. The highest BCUT2D eigenvalue weighted by molar-refractivity contribution is 5.94. The Hall–Kier alpha value is -3.55. The normalized spacial score (nSPS) is 14.1. The summed E-state index contributed by atoms with van der Waals surface area (Å²) in [5.41, 5.74) is 0.864. The van der Waals surface area contributed by atoms with E-state index in [0.717, 1.165) is 48.9 Å². The Morgan fingerprint density at radius 3 is 2.15 bits per heavy atom. The second-order valence-electron chi connectivity index (χ2n) is 8.44. The van der Waals surface area contributed by atoms with Crippen molar-refractivity contribution in [3.05, 3.63) is 68.4 Å². The molecule has 0 unspecified atom stereocenters. The van der Waals surface area contributed by atoms with Gasteiger partial charge in [-0.2, -0.15) is 0 Å². The van der Waals surface area contributed by atoms with Crippen molar-refractivity contribution in [2.75, 3.05) is 26.3 Å². The van der Waals surface area contributed by atoms with E-state index in [1.807, 2.05) is 18.7 Å². The van der Waals surface area contributed by atoms with Crippen LogP contribution in [-0.4, -0.2) is 46.7 Å². The number of hydrogen-bond acceptors (Lipinski definition) is 5. The smallest absolute Gasteiger partial charge is 0.329 e. The van der Waals surface area contributed by atoms with E-state index in [-0.39, 0.29) is 12.5 Å². The summed E-state index contributed by atoms with van der Waals surface area (Å²) in [6.45, 7) is 6.24. The van der Waals surface area contributed by atoms with Gasteiger partial charge in [-0.3, -0.25) is 14.2 Å². The third-order valence-corrected chi connectivity index (χ3v) is 6.08. The third kappa shape index (κ3) is 5.00. The molecule has 0 bridgehead atoms. The second kappa shape index (κ2) is 10.6. The van der Waals surface area contributed by atoms with Gasteiger partial charge in [0.1, 0.15) is 0 Å². The van der Waals surface area contributed by atoms with Crippen LogP contribution in [-0.2, 0) is 6.54 Å². The summed E-state index contributed by atoms with van der Waals surface area (Å²) in [4.78, 5) is 43.4. The molecule has 1 amide bonds. The molecule has 2 heterocycles. The van der Waals surface area contributed by atoms with Crippen molar-refractivity contribution in [3.8, 4) is 11.5 Å². The molecule has 1 aliphatic heterocycles. The number of aromatic nitrogens is 2. The highest BCUT2D eigenvalue weighted by Gasteiger charge is 2.18. The van der Waals surface area contributed by atoms with Gasteiger partial charge in [-0.15, -0.1) is 0 Å². The van der Waals surface area contributed by atoms with Crippen LogP contribution in [0.15, 0.2) is 46.0 Å². The third-order valence-electron chi connectivity index (χ3n) is 6.08. The maximum absolute atomic E-state index is 13.2.